The molecule has 142 valence electrons. The first-order valence-electron chi connectivity index (χ1n) is 10.3. The first-order chi connectivity index (χ1) is 14.7. The van der Waals surface area contributed by atoms with Crippen molar-refractivity contribution in [2.75, 3.05) is 0 Å². The van der Waals surface area contributed by atoms with Crippen molar-refractivity contribution in [1.82, 2.24) is 0 Å². The number of hydrogen-bond acceptors (Lipinski definition) is 1. The molecule has 0 N–H and O–H groups in total. The van der Waals surface area contributed by atoms with Gasteiger partial charge in [-0.3, -0.25) is 0 Å². The van der Waals surface area contributed by atoms with E-state index in [2.05, 4.69) is 104 Å². The normalized spacial score (nSPS) is 12.0. The number of aryl methyl sites for hydroxylation is 1. The SMILES string of the molecule is Cc1ccc(/C=C/c2cc3c(ccc4c5cc6ccccc6cc5ccc34)o2)cc1. The van der Waals surface area contributed by atoms with E-state index < -0.39 is 0 Å². The Morgan fingerprint density at radius 2 is 1.30 bits per heavy atom. The molecular formula is C29H20O. The Kier molecular flexibility index (Phi) is 3.75. The zero-order valence-corrected chi connectivity index (χ0v) is 16.7. The maximum Gasteiger partial charge on any atom is 0.135 e. The highest BCUT2D eigenvalue weighted by Crippen LogP contribution is 2.35. The highest BCUT2D eigenvalue weighted by molar-refractivity contribution is 6.18. The van der Waals surface area contributed by atoms with E-state index in [1.165, 1.54) is 43.4 Å². The molecule has 0 saturated carbocycles. The highest BCUT2D eigenvalue weighted by atomic mass is 16.3. The van der Waals surface area contributed by atoms with Crippen molar-refractivity contribution in [2.45, 2.75) is 6.92 Å². The molecule has 0 atom stereocenters. The van der Waals surface area contributed by atoms with Gasteiger partial charge in [0.1, 0.15) is 11.3 Å². The number of furan rings is 1. The second-order valence-electron chi connectivity index (χ2n) is 7.95. The topological polar surface area (TPSA) is 13.1 Å². The van der Waals surface area contributed by atoms with Gasteiger partial charge in [-0.05, 0) is 75.1 Å². The van der Waals surface area contributed by atoms with E-state index in [0.717, 1.165) is 16.7 Å². The van der Waals surface area contributed by atoms with Gasteiger partial charge in [0.25, 0.3) is 0 Å². The van der Waals surface area contributed by atoms with Crippen LogP contribution in [-0.4, -0.2) is 0 Å². The minimum Gasteiger partial charge on any atom is -0.457 e. The van der Waals surface area contributed by atoms with Gasteiger partial charge in [0, 0.05) is 5.39 Å². The van der Waals surface area contributed by atoms with E-state index in [1.54, 1.807) is 0 Å². The summed E-state index contributed by atoms with van der Waals surface area (Å²) < 4.78 is 6.12. The Morgan fingerprint density at radius 1 is 0.567 bits per heavy atom. The van der Waals surface area contributed by atoms with Gasteiger partial charge in [0.2, 0.25) is 0 Å². The standard InChI is InChI=1S/C29H20O/c1-19-6-8-20(9-7-19)10-12-24-18-28-26-13-11-23-16-21-4-2-3-5-22(21)17-27(23)25(26)14-15-29(28)30-24/h2-18H,1H3/b12-10+. The Morgan fingerprint density at radius 3 is 2.13 bits per heavy atom. The van der Waals surface area contributed by atoms with Crippen molar-refractivity contribution in [2.24, 2.45) is 0 Å². The Bertz CT molecular complexity index is 1580. The molecule has 0 unspecified atom stereocenters. The fourth-order valence-electron chi connectivity index (χ4n) is 4.31. The van der Waals surface area contributed by atoms with Gasteiger partial charge < -0.3 is 4.42 Å². The summed E-state index contributed by atoms with van der Waals surface area (Å²) in [4.78, 5) is 0. The largest absolute Gasteiger partial charge is 0.457 e. The molecule has 0 spiro atoms. The van der Waals surface area contributed by atoms with Crippen molar-refractivity contribution in [3.05, 3.63) is 108 Å². The van der Waals surface area contributed by atoms with E-state index in [-0.39, 0.29) is 0 Å². The van der Waals surface area contributed by atoms with Crippen LogP contribution < -0.4 is 0 Å². The van der Waals surface area contributed by atoms with Crippen LogP contribution in [0.3, 0.4) is 0 Å². The molecule has 0 aliphatic carbocycles. The summed E-state index contributed by atoms with van der Waals surface area (Å²) in [6.07, 6.45) is 4.14. The first-order valence-corrected chi connectivity index (χ1v) is 10.3. The van der Waals surface area contributed by atoms with E-state index in [4.69, 9.17) is 4.42 Å². The van der Waals surface area contributed by atoms with Crippen LogP contribution in [0.5, 0.6) is 0 Å². The Labute approximate surface area is 174 Å². The van der Waals surface area contributed by atoms with Crippen molar-refractivity contribution in [3.8, 4) is 0 Å². The van der Waals surface area contributed by atoms with Gasteiger partial charge in [-0.2, -0.15) is 0 Å². The molecule has 0 saturated heterocycles. The lowest BCUT2D eigenvalue weighted by Gasteiger charge is -2.07. The van der Waals surface area contributed by atoms with Crippen LogP contribution in [-0.2, 0) is 0 Å². The van der Waals surface area contributed by atoms with Crippen LogP contribution in [0, 0.1) is 6.92 Å². The number of benzene rings is 5. The summed E-state index contributed by atoms with van der Waals surface area (Å²) in [6, 6.07) is 32.5. The summed E-state index contributed by atoms with van der Waals surface area (Å²) in [5.74, 6) is 0.872. The zero-order valence-electron chi connectivity index (χ0n) is 16.7. The molecule has 1 aromatic heterocycles. The number of rotatable bonds is 2. The lowest BCUT2D eigenvalue weighted by atomic mass is 9.97. The lowest BCUT2D eigenvalue weighted by Crippen LogP contribution is -1.80. The van der Waals surface area contributed by atoms with Crippen LogP contribution in [0.25, 0.3) is 55.4 Å². The van der Waals surface area contributed by atoms with Crippen LogP contribution in [0.2, 0.25) is 0 Å². The average molecular weight is 384 g/mol. The quantitative estimate of drug-likeness (QED) is 0.216. The van der Waals surface area contributed by atoms with Crippen LogP contribution in [0.15, 0.2) is 95.4 Å². The van der Waals surface area contributed by atoms with Crippen molar-refractivity contribution >= 4 is 55.4 Å². The second-order valence-corrected chi connectivity index (χ2v) is 7.95. The third-order valence-electron chi connectivity index (χ3n) is 5.92. The maximum atomic E-state index is 6.12. The predicted octanol–water partition coefficient (Wildman–Crippen LogP) is 8.37. The second kappa shape index (κ2) is 6.60. The molecule has 0 fully saturated rings. The molecule has 5 aromatic carbocycles. The van der Waals surface area contributed by atoms with Gasteiger partial charge >= 0.3 is 0 Å². The molecule has 6 aromatic rings. The van der Waals surface area contributed by atoms with E-state index >= 15 is 0 Å². The molecule has 1 nitrogen and oxygen atoms in total. The molecule has 0 amide bonds. The zero-order chi connectivity index (χ0) is 20.1. The molecule has 1 heterocycles. The highest BCUT2D eigenvalue weighted by Gasteiger charge is 2.09. The van der Waals surface area contributed by atoms with Gasteiger partial charge in [-0.1, -0.05) is 78.4 Å². The van der Waals surface area contributed by atoms with Crippen molar-refractivity contribution < 1.29 is 4.42 Å². The van der Waals surface area contributed by atoms with E-state index in [0.29, 0.717) is 0 Å². The summed E-state index contributed by atoms with van der Waals surface area (Å²) in [6.45, 7) is 2.10. The third-order valence-corrected chi connectivity index (χ3v) is 5.92. The van der Waals surface area contributed by atoms with Crippen LogP contribution in [0.1, 0.15) is 16.9 Å². The average Bonchev–Trinajstić information content (AvgIpc) is 3.20. The fraction of sp³-hybridized carbons (Fsp3) is 0.0345. The molecule has 6 rings (SSSR count). The minimum atomic E-state index is 0.872. The van der Waals surface area contributed by atoms with Gasteiger partial charge in [-0.15, -0.1) is 0 Å². The van der Waals surface area contributed by atoms with Gasteiger partial charge in [0.05, 0.1) is 0 Å². The summed E-state index contributed by atoms with van der Waals surface area (Å²) in [5.41, 5.74) is 3.36. The predicted molar refractivity (Wildman–Crippen MR) is 129 cm³/mol. The lowest BCUT2D eigenvalue weighted by molar-refractivity contribution is 0.605. The molecular weight excluding hydrogens is 364 g/mol. The van der Waals surface area contributed by atoms with Gasteiger partial charge in [0.15, 0.2) is 0 Å². The number of hydrogen-bond donors (Lipinski definition) is 0. The van der Waals surface area contributed by atoms with Crippen molar-refractivity contribution in [1.29, 1.82) is 0 Å². The van der Waals surface area contributed by atoms with E-state index in [9.17, 15) is 0 Å². The smallest absolute Gasteiger partial charge is 0.135 e. The van der Waals surface area contributed by atoms with Gasteiger partial charge in [-0.25, -0.2) is 0 Å². The molecule has 30 heavy (non-hydrogen) atoms. The first kappa shape index (κ1) is 17.1. The Balaban J connectivity index is 1.51. The van der Waals surface area contributed by atoms with Crippen LogP contribution in [0.4, 0.5) is 0 Å². The third kappa shape index (κ3) is 2.79. The Hall–Kier alpha value is -3.84. The fourth-order valence-corrected chi connectivity index (χ4v) is 4.31. The number of fused-ring (bicyclic) bond motifs is 6. The maximum absolute atomic E-state index is 6.12. The molecule has 0 radical (unpaired) electrons. The van der Waals surface area contributed by atoms with E-state index in [1.807, 2.05) is 6.08 Å². The molecule has 0 aliphatic rings. The summed E-state index contributed by atoms with van der Waals surface area (Å²) in [7, 11) is 0. The monoisotopic (exact) mass is 384 g/mol. The summed E-state index contributed by atoms with van der Waals surface area (Å²) in [5, 5.41) is 8.75. The molecule has 1 heteroatoms. The minimum absolute atomic E-state index is 0.872. The summed E-state index contributed by atoms with van der Waals surface area (Å²) >= 11 is 0. The molecule has 0 bridgehead atoms. The van der Waals surface area contributed by atoms with Crippen molar-refractivity contribution in [3.63, 3.8) is 0 Å². The molecule has 0 aliphatic heterocycles. The van der Waals surface area contributed by atoms with Crippen LogP contribution >= 0.6 is 0 Å².